The first-order chi connectivity index (χ1) is 12.8. The third-order valence-electron chi connectivity index (χ3n) is 3.45. The van der Waals surface area contributed by atoms with Crippen molar-refractivity contribution in [2.24, 2.45) is 0 Å². The topological polar surface area (TPSA) is 64.6 Å². The van der Waals surface area contributed by atoms with Gasteiger partial charge in [0.25, 0.3) is 0 Å². The summed E-state index contributed by atoms with van der Waals surface area (Å²) in [5, 5.41) is 1.65. The average molecular weight is 401 g/mol. The number of amides is 1. The van der Waals surface area contributed by atoms with E-state index in [1.165, 1.54) is 0 Å². The Hall–Kier alpha value is -2.15. The summed E-state index contributed by atoms with van der Waals surface area (Å²) in [6, 6.07) is 18.0. The van der Waals surface area contributed by atoms with Gasteiger partial charge in [-0.25, -0.2) is 4.89 Å². The molecule has 27 heavy (non-hydrogen) atoms. The Morgan fingerprint density at radius 1 is 0.926 bits per heavy atom. The summed E-state index contributed by atoms with van der Waals surface area (Å²) in [4.78, 5) is 15.6. The monoisotopic (exact) mass is 401 g/mol. The number of carbonyl (C=O) groups is 1. The van der Waals surface area contributed by atoms with Crippen LogP contribution in [0.2, 0.25) is 0 Å². The summed E-state index contributed by atoms with van der Waals surface area (Å²) < 4.78 is 54.6. The van der Waals surface area contributed by atoms with Crippen LogP contribution in [0.3, 0.4) is 0 Å². The lowest BCUT2D eigenvalue weighted by molar-refractivity contribution is -0.205. The maximum absolute atomic E-state index is 13.2. The van der Waals surface area contributed by atoms with Crippen LogP contribution in [0.4, 0.5) is 13.2 Å². The van der Waals surface area contributed by atoms with Crippen molar-refractivity contribution >= 4 is 13.3 Å². The van der Waals surface area contributed by atoms with Gasteiger partial charge < -0.3 is 5.32 Å². The Bertz CT molecular complexity index is 724. The molecule has 146 valence electrons. The van der Waals surface area contributed by atoms with E-state index in [1.807, 2.05) is 12.1 Å². The molecule has 2 aromatic rings. The van der Waals surface area contributed by atoms with E-state index in [1.54, 1.807) is 53.8 Å². The summed E-state index contributed by atoms with van der Waals surface area (Å²) in [7, 11) is -3.32. The Kier molecular flexibility index (Phi) is 7.59. The van der Waals surface area contributed by atoms with Gasteiger partial charge in [0, 0.05) is 6.54 Å². The van der Waals surface area contributed by atoms with Crippen LogP contribution in [0.25, 0.3) is 0 Å². The minimum atomic E-state index is -4.96. The molecule has 0 atom stereocenters. The first-order valence-electron chi connectivity index (χ1n) is 8.11. The molecule has 0 spiro atoms. The van der Waals surface area contributed by atoms with Gasteiger partial charge in [-0.1, -0.05) is 60.7 Å². The van der Waals surface area contributed by atoms with Crippen LogP contribution in [0, 0.1) is 0 Å². The van der Waals surface area contributed by atoms with Crippen molar-refractivity contribution in [1.82, 2.24) is 5.32 Å². The van der Waals surface area contributed by atoms with Crippen LogP contribution < -0.4 is 5.32 Å². The smallest absolute Gasteiger partial charge is 0.346 e. The van der Waals surface area contributed by atoms with E-state index >= 15 is 0 Å². The zero-order chi connectivity index (χ0) is 19.8. The lowest BCUT2D eigenvalue weighted by Crippen LogP contribution is -2.38. The van der Waals surface area contributed by atoms with Gasteiger partial charge >= 0.3 is 12.1 Å². The largest absolute Gasteiger partial charge is 0.471 e. The molecular weight excluding hydrogens is 382 g/mol. The molecule has 0 aliphatic heterocycles. The van der Waals surface area contributed by atoms with Crippen LogP contribution in [-0.4, -0.2) is 25.2 Å². The lowest BCUT2D eigenvalue weighted by Gasteiger charge is -2.18. The van der Waals surface area contributed by atoms with E-state index in [2.05, 4.69) is 0 Å². The van der Waals surface area contributed by atoms with Crippen LogP contribution in [0.15, 0.2) is 60.7 Å². The highest BCUT2D eigenvalue weighted by Gasteiger charge is 2.38. The van der Waals surface area contributed by atoms with Crippen LogP contribution in [0.5, 0.6) is 0 Å². The zero-order valence-corrected chi connectivity index (χ0v) is 15.2. The van der Waals surface area contributed by atoms with Gasteiger partial charge in [-0.15, -0.1) is 0 Å². The number of hydrogen-bond donors (Lipinski definition) is 1. The molecule has 0 saturated carbocycles. The molecule has 1 N–H and O–H groups in total. The minimum absolute atomic E-state index is 0.109. The standard InChI is InChI=1S/C18H19F3NO4P/c19-18(20,21)17(23)22-11-12-25-26-27(24,13-15-7-3-1-4-8-15)14-16-9-5-2-6-10-16/h1-10H,11-14H2,(H,22,23). The van der Waals surface area contributed by atoms with Crippen molar-refractivity contribution in [3.63, 3.8) is 0 Å². The van der Waals surface area contributed by atoms with Gasteiger partial charge in [0.05, 0.1) is 12.3 Å². The Morgan fingerprint density at radius 3 is 1.85 bits per heavy atom. The van der Waals surface area contributed by atoms with Crippen molar-refractivity contribution < 1.29 is 32.1 Å². The average Bonchev–Trinajstić information content (AvgIpc) is 2.62. The fraction of sp³-hybridized carbons (Fsp3) is 0.278. The molecule has 2 rings (SSSR count). The zero-order valence-electron chi connectivity index (χ0n) is 14.3. The lowest BCUT2D eigenvalue weighted by atomic mass is 10.2. The Labute approximate surface area is 154 Å². The summed E-state index contributed by atoms with van der Waals surface area (Å²) in [5.41, 5.74) is 1.57. The maximum atomic E-state index is 13.2. The highest BCUT2D eigenvalue weighted by molar-refractivity contribution is 7.57. The van der Waals surface area contributed by atoms with Gasteiger partial charge in [-0.3, -0.25) is 9.36 Å². The van der Waals surface area contributed by atoms with Crippen molar-refractivity contribution in [3.8, 4) is 0 Å². The molecule has 0 radical (unpaired) electrons. The number of halogens is 3. The molecule has 0 saturated heterocycles. The van der Waals surface area contributed by atoms with E-state index in [0.29, 0.717) is 0 Å². The Morgan fingerprint density at radius 2 is 1.41 bits per heavy atom. The van der Waals surface area contributed by atoms with Crippen molar-refractivity contribution in [2.45, 2.75) is 18.5 Å². The number of hydrogen-bond acceptors (Lipinski definition) is 4. The number of carbonyl (C=O) groups excluding carboxylic acids is 1. The first kappa shape index (κ1) is 21.2. The molecule has 9 heteroatoms. The predicted octanol–water partition coefficient (Wildman–Crippen LogP) is 4.29. The van der Waals surface area contributed by atoms with Gasteiger partial charge in [-0.2, -0.15) is 17.8 Å². The molecule has 0 aliphatic rings. The van der Waals surface area contributed by atoms with Crippen LogP contribution >= 0.6 is 7.37 Å². The molecule has 0 heterocycles. The van der Waals surface area contributed by atoms with Crippen molar-refractivity contribution in [1.29, 1.82) is 0 Å². The molecule has 5 nitrogen and oxygen atoms in total. The molecule has 0 aromatic heterocycles. The quantitative estimate of drug-likeness (QED) is 0.295. The number of benzene rings is 2. The van der Waals surface area contributed by atoms with E-state index in [4.69, 9.17) is 9.56 Å². The Balaban J connectivity index is 1.94. The second-order valence-electron chi connectivity index (χ2n) is 5.75. The van der Waals surface area contributed by atoms with Crippen LogP contribution in [-0.2, 0) is 31.2 Å². The summed E-state index contributed by atoms with van der Waals surface area (Å²) >= 11 is 0. The second-order valence-corrected chi connectivity index (χ2v) is 8.16. The fourth-order valence-corrected chi connectivity index (χ4v) is 4.29. The van der Waals surface area contributed by atoms with Crippen molar-refractivity contribution in [2.75, 3.05) is 13.2 Å². The van der Waals surface area contributed by atoms with Gasteiger partial charge in [0.2, 0.25) is 7.37 Å². The van der Waals surface area contributed by atoms with E-state index in [-0.39, 0.29) is 18.9 Å². The SMILES string of the molecule is O=C(NCCOOP(=O)(Cc1ccccc1)Cc1ccccc1)C(F)(F)F. The van der Waals surface area contributed by atoms with Gasteiger partial charge in [-0.05, 0) is 11.1 Å². The third kappa shape index (κ3) is 7.54. The van der Waals surface area contributed by atoms with Crippen molar-refractivity contribution in [3.05, 3.63) is 71.8 Å². The molecule has 0 unspecified atom stereocenters. The minimum Gasteiger partial charge on any atom is -0.346 e. The molecule has 2 aromatic carbocycles. The summed E-state index contributed by atoms with van der Waals surface area (Å²) in [5.74, 6) is -2.07. The van der Waals surface area contributed by atoms with E-state index in [9.17, 15) is 22.5 Å². The maximum Gasteiger partial charge on any atom is 0.471 e. The van der Waals surface area contributed by atoms with Gasteiger partial charge in [0.15, 0.2) is 0 Å². The van der Waals surface area contributed by atoms with Gasteiger partial charge in [0.1, 0.15) is 6.61 Å². The molecule has 0 aliphatic carbocycles. The predicted molar refractivity (Wildman–Crippen MR) is 94.0 cm³/mol. The number of nitrogens with one attached hydrogen (secondary N) is 1. The number of rotatable bonds is 9. The normalized spacial score (nSPS) is 12.0. The molecule has 0 bridgehead atoms. The van der Waals surface area contributed by atoms with E-state index in [0.717, 1.165) is 11.1 Å². The first-order valence-corrected chi connectivity index (χ1v) is 10.1. The fourth-order valence-electron chi connectivity index (χ4n) is 2.27. The second kappa shape index (κ2) is 9.69. The molecule has 1 amide bonds. The molecule has 0 fully saturated rings. The molecular formula is C18H19F3NO4P. The van der Waals surface area contributed by atoms with E-state index < -0.39 is 26.0 Å². The highest BCUT2D eigenvalue weighted by Crippen LogP contribution is 2.53. The third-order valence-corrected chi connectivity index (χ3v) is 5.52. The number of alkyl halides is 3. The summed E-state index contributed by atoms with van der Waals surface area (Å²) in [6.45, 7) is -0.787. The van der Waals surface area contributed by atoms with Crippen LogP contribution in [0.1, 0.15) is 11.1 Å². The summed E-state index contributed by atoms with van der Waals surface area (Å²) in [6.07, 6.45) is -4.74. The highest BCUT2D eigenvalue weighted by atomic mass is 31.2.